The van der Waals surface area contributed by atoms with E-state index in [9.17, 15) is 4.79 Å². The lowest BCUT2D eigenvalue weighted by molar-refractivity contribution is 0.0697. The number of rotatable bonds is 4. The van der Waals surface area contributed by atoms with Crippen LogP contribution in [0.3, 0.4) is 0 Å². The van der Waals surface area contributed by atoms with E-state index < -0.39 is 0 Å². The van der Waals surface area contributed by atoms with Crippen molar-refractivity contribution in [3.05, 3.63) is 23.4 Å². The Morgan fingerprint density at radius 1 is 1.35 bits per heavy atom. The highest BCUT2D eigenvalue weighted by Gasteiger charge is 2.22. The normalized spacial score (nSPS) is 16.2. The van der Waals surface area contributed by atoms with Crippen LogP contribution >= 0.6 is 0 Å². The maximum absolute atomic E-state index is 12.6. The van der Waals surface area contributed by atoms with Gasteiger partial charge in [0.1, 0.15) is 5.82 Å². The highest BCUT2D eigenvalue weighted by atomic mass is 16.2. The summed E-state index contributed by atoms with van der Waals surface area (Å²) in [6.45, 7) is 8.92. The molecular formula is C16H25N3O. The Hall–Kier alpha value is -1.58. The third-order valence-corrected chi connectivity index (χ3v) is 3.92. The zero-order valence-corrected chi connectivity index (χ0v) is 12.8. The van der Waals surface area contributed by atoms with Crippen molar-refractivity contribution in [2.24, 2.45) is 5.92 Å². The monoisotopic (exact) mass is 275 g/mol. The van der Waals surface area contributed by atoms with Gasteiger partial charge in [0.25, 0.3) is 5.91 Å². The molecule has 2 rings (SSSR count). The highest BCUT2D eigenvalue weighted by molar-refractivity contribution is 5.95. The van der Waals surface area contributed by atoms with Crippen LogP contribution in [0.2, 0.25) is 0 Å². The van der Waals surface area contributed by atoms with Crippen molar-refractivity contribution in [1.82, 2.24) is 9.88 Å². The van der Waals surface area contributed by atoms with E-state index in [4.69, 9.17) is 0 Å². The molecule has 0 spiro atoms. The highest BCUT2D eigenvalue weighted by Crippen LogP contribution is 2.20. The van der Waals surface area contributed by atoms with Gasteiger partial charge in [0.15, 0.2) is 0 Å². The third kappa shape index (κ3) is 3.50. The summed E-state index contributed by atoms with van der Waals surface area (Å²) >= 11 is 0. The second-order valence-corrected chi connectivity index (χ2v) is 5.59. The summed E-state index contributed by atoms with van der Waals surface area (Å²) in [5, 5.41) is 3.21. The number of hydrogen-bond donors (Lipinski definition) is 1. The molecule has 0 unspecified atom stereocenters. The maximum atomic E-state index is 12.6. The molecule has 4 nitrogen and oxygen atoms in total. The first kappa shape index (κ1) is 14.8. The van der Waals surface area contributed by atoms with Crippen LogP contribution in [0.1, 0.15) is 49.7 Å². The van der Waals surface area contributed by atoms with E-state index in [1.807, 2.05) is 24.0 Å². The van der Waals surface area contributed by atoms with Crippen LogP contribution in [0.15, 0.2) is 12.1 Å². The summed E-state index contributed by atoms with van der Waals surface area (Å²) in [5.74, 6) is 1.69. The second kappa shape index (κ2) is 6.73. The standard InChI is InChI=1S/C16H25N3O/c1-4-14-10-13(11-15(18-14)17-5-2)16(20)19-8-6-12(3)7-9-19/h10-12H,4-9H2,1-3H3,(H,17,18). The van der Waals surface area contributed by atoms with E-state index in [1.54, 1.807) is 0 Å². The molecule has 0 saturated carbocycles. The number of anilines is 1. The number of carbonyl (C=O) groups is 1. The number of likely N-dealkylation sites (tertiary alicyclic amines) is 1. The minimum absolute atomic E-state index is 0.146. The van der Waals surface area contributed by atoms with Gasteiger partial charge in [0, 0.05) is 30.9 Å². The molecule has 110 valence electrons. The molecule has 0 aromatic carbocycles. The first-order valence-electron chi connectivity index (χ1n) is 7.68. The average Bonchev–Trinajstić information content (AvgIpc) is 2.47. The van der Waals surface area contributed by atoms with Gasteiger partial charge in [-0.25, -0.2) is 4.98 Å². The number of hydrogen-bond acceptors (Lipinski definition) is 3. The van der Waals surface area contributed by atoms with E-state index in [-0.39, 0.29) is 5.91 Å². The van der Waals surface area contributed by atoms with Gasteiger partial charge in [-0.2, -0.15) is 0 Å². The fourth-order valence-electron chi connectivity index (χ4n) is 2.56. The molecule has 1 saturated heterocycles. The molecule has 4 heteroatoms. The van der Waals surface area contributed by atoms with Gasteiger partial charge < -0.3 is 10.2 Å². The lowest BCUT2D eigenvalue weighted by Gasteiger charge is -2.30. The van der Waals surface area contributed by atoms with E-state index >= 15 is 0 Å². The number of carbonyl (C=O) groups excluding carboxylic acids is 1. The maximum Gasteiger partial charge on any atom is 0.254 e. The fourth-order valence-corrected chi connectivity index (χ4v) is 2.56. The molecule has 1 amide bonds. The Bertz CT molecular complexity index is 465. The first-order valence-corrected chi connectivity index (χ1v) is 7.68. The predicted octanol–water partition coefficient (Wildman–Crippen LogP) is 2.95. The Morgan fingerprint density at radius 3 is 2.65 bits per heavy atom. The minimum atomic E-state index is 0.146. The Morgan fingerprint density at radius 2 is 2.05 bits per heavy atom. The number of pyridine rings is 1. The molecule has 1 aliphatic heterocycles. The van der Waals surface area contributed by atoms with Crippen molar-refractivity contribution >= 4 is 11.7 Å². The van der Waals surface area contributed by atoms with Crippen LogP contribution < -0.4 is 5.32 Å². The minimum Gasteiger partial charge on any atom is -0.370 e. The summed E-state index contributed by atoms with van der Waals surface area (Å²) in [6, 6.07) is 3.81. The number of amides is 1. The predicted molar refractivity (Wildman–Crippen MR) is 82.1 cm³/mol. The number of aryl methyl sites for hydroxylation is 1. The van der Waals surface area contributed by atoms with Gasteiger partial charge in [0.05, 0.1) is 0 Å². The van der Waals surface area contributed by atoms with Gasteiger partial charge >= 0.3 is 0 Å². The second-order valence-electron chi connectivity index (χ2n) is 5.59. The van der Waals surface area contributed by atoms with Gasteiger partial charge in [-0.05, 0) is 44.2 Å². The van der Waals surface area contributed by atoms with Crippen molar-refractivity contribution in [3.63, 3.8) is 0 Å². The molecule has 1 fully saturated rings. The molecular weight excluding hydrogens is 250 g/mol. The Labute approximate surface area is 121 Å². The summed E-state index contributed by atoms with van der Waals surface area (Å²) in [7, 11) is 0. The lowest BCUT2D eigenvalue weighted by Crippen LogP contribution is -2.38. The summed E-state index contributed by atoms with van der Waals surface area (Å²) in [5.41, 5.74) is 1.74. The van der Waals surface area contributed by atoms with Gasteiger partial charge in [-0.1, -0.05) is 13.8 Å². The zero-order chi connectivity index (χ0) is 14.5. The molecule has 0 atom stereocenters. The topological polar surface area (TPSA) is 45.2 Å². The average molecular weight is 275 g/mol. The summed E-state index contributed by atoms with van der Waals surface area (Å²) in [4.78, 5) is 19.1. The Balaban J connectivity index is 2.17. The van der Waals surface area contributed by atoms with Crippen molar-refractivity contribution in [2.75, 3.05) is 25.0 Å². The quantitative estimate of drug-likeness (QED) is 0.919. The van der Waals surface area contributed by atoms with Crippen LogP contribution in [0.25, 0.3) is 0 Å². The molecule has 0 bridgehead atoms. The van der Waals surface area contributed by atoms with Crippen molar-refractivity contribution in [2.45, 2.75) is 40.0 Å². The fraction of sp³-hybridized carbons (Fsp3) is 0.625. The van der Waals surface area contributed by atoms with Crippen LogP contribution in [0.4, 0.5) is 5.82 Å². The van der Waals surface area contributed by atoms with Crippen LogP contribution in [0.5, 0.6) is 0 Å². The summed E-state index contributed by atoms with van der Waals surface area (Å²) < 4.78 is 0. The zero-order valence-electron chi connectivity index (χ0n) is 12.8. The number of aromatic nitrogens is 1. The molecule has 0 radical (unpaired) electrons. The van der Waals surface area contributed by atoms with Crippen LogP contribution in [-0.2, 0) is 6.42 Å². The van der Waals surface area contributed by atoms with E-state index in [0.717, 1.165) is 61.9 Å². The largest absolute Gasteiger partial charge is 0.370 e. The smallest absolute Gasteiger partial charge is 0.254 e. The SMILES string of the molecule is CCNc1cc(C(=O)N2CCC(C)CC2)cc(CC)n1. The molecule has 0 aliphatic carbocycles. The van der Waals surface area contributed by atoms with Crippen LogP contribution in [0, 0.1) is 5.92 Å². The number of nitrogens with one attached hydrogen (secondary N) is 1. The molecule has 2 heterocycles. The van der Waals surface area contributed by atoms with E-state index in [2.05, 4.69) is 24.1 Å². The van der Waals surface area contributed by atoms with E-state index in [1.165, 1.54) is 0 Å². The number of piperidine rings is 1. The van der Waals surface area contributed by atoms with Crippen molar-refractivity contribution in [3.8, 4) is 0 Å². The van der Waals surface area contributed by atoms with Crippen LogP contribution in [-0.4, -0.2) is 35.4 Å². The van der Waals surface area contributed by atoms with Gasteiger partial charge in [0.2, 0.25) is 0 Å². The molecule has 1 N–H and O–H groups in total. The van der Waals surface area contributed by atoms with Gasteiger partial charge in [-0.15, -0.1) is 0 Å². The van der Waals surface area contributed by atoms with Crippen molar-refractivity contribution < 1.29 is 4.79 Å². The van der Waals surface area contributed by atoms with E-state index in [0.29, 0.717) is 0 Å². The summed E-state index contributed by atoms with van der Waals surface area (Å²) in [6.07, 6.45) is 3.06. The number of nitrogens with zero attached hydrogens (tertiary/aromatic N) is 2. The molecule has 1 aromatic rings. The van der Waals surface area contributed by atoms with Crippen molar-refractivity contribution in [1.29, 1.82) is 0 Å². The Kier molecular flexibility index (Phi) is 4.99. The molecule has 20 heavy (non-hydrogen) atoms. The third-order valence-electron chi connectivity index (χ3n) is 3.92. The van der Waals surface area contributed by atoms with Gasteiger partial charge in [-0.3, -0.25) is 4.79 Å². The molecule has 1 aliphatic rings. The first-order chi connectivity index (χ1) is 9.63. The lowest BCUT2D eigenvalue weighted by atomic mass is 9.98. The molecule has 1 aromatic heterocycles.